The summed E-state index contributed by atoms with van der Waals surface area (Å²) < 4.78 is 32.1. The largest absolute Gasteiger partial charge is 0.497 e. The maximum Gasteiger partial charge on any atom is 0.223 e. The zero-order valence-electron chi connectivity index (χ0n) is 13.7. The number of carbonyl (C=O) groups excluding carboxylic acids is 1. The molecule has 0 bridgehead atoms. The van der Waals surface area contributed by atoms with E-state index in [9.17, 15) is 18.7 Å². The number of aliphatic hydroxyl groups excluding tert-OH is 1. The third-order valence-electron chi connectivity index (χ3n) is 4.48. The van der Waals surface area contributed by atoms with Crippen LogP contribution in [0.15, 0.2) is 42.5 Å². The summed E-state index contributed by atoms with van der Waals surface area (Å²) in [4.78, 5) is 12.2. The number of benzene rings is 2. The van der Waals surface area contributed by atoms with Gasteiger partial charge in [0.2, 0.25) is 5.91 Å². The molecular formula is C19H19F2NO3. The van der Waals surface area contributed by atoms with Gasteiger partial charge in [-0.1, -0.05) is 24.3 Å². The number of aliphatic hydroxyl groups is 1. The zero-order chi connectivity index (χ0) is 18.0. The highest BCUT2D eigenvalue weighted by molar-refractivity contribution is 5.82. The molecular weight excluding hydrogens is 328 g/mol. The van der Waals surface area contributed by atoms with E-state index in [1.54, 1.807) is 31.4 Å². The van der Waals surface area contributed by atoms with Gasteiger partial charge in [-0.3, -0.25) is 4.79 Å². The number of amides is 1. The fraction of sp³-hybridized carbons (Fsp3) is 0.316. The molecule has 0 spiro atoms. The molecule has 2 N–H and O–H groups in total. The molecule has 2 aromatic rings. The Morgan fingerprint density at radius 2 is 2.00 bits per heavy atom. The molecule has 0 heterocycles. The van der Waals surface area contributed by atoms with Crippen molar-refractivity contribution in [1.82, 2.24) is 5.32 Å². The zero-order valence-corrected chi connectivity index (χ0v) is 13.7. The van der Waals surface area contributed by atoms with Crippen LogP contribution in [0.1, 0.15) is 29.6 Å². The van der Waals surface area contributed by atoms with Gasteiger partial charge in [0.1, 0.15) is 5.75 Å². The van der Waals surface area contributed by atoms with E-state index in [1.165, 1.54) is 12.1 Å². The topological polar surface area (TPSA) is 58.6 Å². The predicted octanol–water partition coefficient (Wildman–Crippen LogP) is 2.93. The number of nitrogens with one attached hydrogen (secondary N) is 1. The van der Waals surface area contributed by atoms with Gasteiger partial charge >= 0.3 is 0 Å². The first-order valence-electron chi connectivity index (χ1n) is 8.05. The third-order valence-corrected chi connectivity index (χ3v) is 4.48. The van der Waals surface area contributed by atoms with Crippen LogP contribution in [0.2, 0.25) is 0 Å². The van der Waals surface area contributed by atoms with Crippen molar-refractivity contribution in [3.05, 3.63) is 65.2 Å². The van der Waals surface area contributed by atoms with Crippen LogP contribution >= 0.6 is 0 Å². The number of rotatable bonds is 6. The molecule has 0 aliphatic heterocycles. The average molecular weight is 347 g/mol. The number of halogens is 2. The van der Waals surface area contributed by atoms with Crippen LogP contribution in [0.25, 0.3) is 0 Å². The lowest BCUT2D eigenvalue weighted by atomic mass is 10.1. The standard InChI is InChI=1S/C19H19F2NO3/c1-25-12-7-5-11(6-8-12)17(23)10-22-19(24)15-9-14(15)13-3-2-4-16(20)18(13)21/h2-8,14-15,17,23H,9-10H2,1H3,(H,22,24). The van der Waals surface area contributed by atoms with E-state index in [2.05, 4.69) is 5.32 Å². The van der Waals surface area contributed by atoms with Crippen molar-refractivity contribution < 1.29 is 23.4 Å². The van der Waals surface area contributed by atoms with Crippen LogP contribution in [-0.2, 0) is 4.79 Å². The first-order chi connectivity index (χ1) is 12.0. The second kappa shape index (κ2) is 7.19. The smallest absolute Gasteiger partial charge is 0.223 e. The van der Waals surface area contributed by atoms with Gasteiger partial charge in [-0.25, -0.2) is 8.78 Å². The van der Waals surface area contributed by atoms with Crippen LogP contribution in [0.4, 0.5) is 8.78 Å². The fourth-order valence-corrected chi connectivity index (χ4v) is 2.91. The van der Waals surface area contributed by atoms with Gasteiger partial charge in [0.15, 0.2) is 11.6 Å². The first kappa shape index (κ1) is 17.4. The lowest BCUT2D eigenvalue weighted by molar-refractivity contribution is -0.122. The summed E-state index contributed by atoms with van der Waals surface area (Å²) in [6, 6.07) is 10.9. The van der Waals surface area contributed by atoms with E-state index in [-0.39, 0.29) is 29.9 Å². The van der Waals surface area contributed by atoms with Gasteiger partial charge in [-0.05, 0) is 41.7 Å². The van der Waals surface area contributed by atoms with Crippen molar-refractivity contribution in [3.8, 4) is 5.75 Å². The molecule has 25 heavy (non-hydrogen) atoms. The lowest BCUT2D eigenvalue weighted by Crippen LogP contribution is -2.30. The van der Waals surface area contributed by atoms with Crippen molar-refractivity contribution in [2.75, 3.05) is 13.7 Å². The van der Waals surface area contributed by atoms with Gasteiger partial charge in [0.25, 0.3) is 0 Å². The monoisotopic (exact) mass is 347 g/mol. The minimum atomic E-state index is -0.904. The number of methoxy groups -OCH3 is 1. The molecule has 6 heteroatoms. The minimum Gasteiger partial charge on any atom is -0.497 e. The Morgan fingerprint density at radius 1 is 1.28 bits per heavy atom. The van der Waals surface area contributed by atoms with E-state index >= 15 is 0 Å². The normalized spacial score (nSPS) is 20.0. The van der Waals surface area contributed by atoms with Crippen molar-refractivity contribution in [1.29, 1.82) is 0 Å². The summed E-state index contributed by atoms with van der Waals surface area (Å²) in [5, 5.41) is 12.8. The highest BCUT2D eigenvalue weighted by atomic mass is 19.2. The Morgan fingerprint density at radius 3 is 2.68 bits per heavy atom. The number of ether oxygens (including phenoxy) is 1. The van der Waals surface area contributed by atoms with Crippen molar-refractivity contribution in [2.45, 2.75) is 18.4 Å². The summed E-state index contributed by atoms with van der Waals surface area (Å²) in [6.45, 7) is 0.0556. The molecule has 1 aliphatic carbocycles. The summed E-state index contributed by atoms with van der Waals surface area (Å²) >= 11 is 0. The maximum absolute atomic E-state index is 13.8. The highest BCUT2D eigenvalue weighted by Gasteiger charge is 2.45. The number of hydrogen-bond donors (Lipinski definition) is 2. The van der Waals surface area contributed by atoms with Crippen LogP contribution in [0.3, 0.4) is 0 Å². The molecule has 3 unspecified atom stereocenters. The molecule has 3 rings (SSSR count). The summed E-state index contributed by atoms with van der Waals surface area (Å²) in [5.74, 6) is -2.08. The van der Waals surface area contributed by atoms with Gasteiger partial charge in [0, 0.05) is 12.5 Å². The SMILES string of the molecule is COc1ccc(C(O)CNC(=O)C2CC2c2cccc(F)c2F)cc1. The Labute approximate surface area is 144 Å². The van der Waals surface area contributed by atoms with Gasteiger partial charge in [0.05, 0.1) is 13.2 Å². The van der Waals surface area contributed by atoms with Gasteiger partial charge < -0.3 is 15.2 Å². The third kappa shape index (κ3) is 3.79. The summed E-state index contributed by atoms with van der Waals surface area (Å²) in [5.41, 5.74) is 0.889. The number of hydrogen-bond acceptors (Lipinski definition) is 3. The second-order valence-electron chi connectivity index (χ2n) is 6.13. The molecule has 1 saturated carbocycles. The highest BCUT2D eigenvalue weighted by Crippen LogP contribution is 2.48. The van der Waals surface area contributed by atoms with Crippen molar-refractivity contribution >= 4 is 5.91 Å². The van der Waals surface area contributed by atoms with E-state index < -0.39 is 17.7 Å². The lowest BCUT2D eigenvalue weighted by Gasteiger charge is -2.13. The molecule has 0 radical (unpaired) electrons. The minimum absolute atomic E-state index is 0.0556. The van der Waals surface area contributed by atoms with Crippen LogP contribution in [-0.4, -0.2) is 24.7 Å². The van der Waals surface area contributed by atoms with Gasteiger partial charge in [-0.2, -0.15) is 0 Å². The molecule has 1 fully saturated rings. The molecule has 0 aromatic heterocycles. The first-order valence-corrected chi connectivity index (χ1v) is 8.05. The fourth-order valence-electron chi connectivity index (χ4n) is 2.91. The average Bonchev–Trinajstić information content (AvgIpc) is 3.42. The van der Waals surface area contributed by atoms with Gasteiger partial charge in [-0.15, -0.1) is 0 Å². The number of carbonyl (C=O) groups is 1. The molecule has 132 valence electrons. The molecule has 3 atom stereocenters. The summed E-state index contributed by atoms with van der Waals surface area (Å²) in [7, 11) is 1.55. The summed E-state index contributed by atoms with van der Waals surface area (Å²) in [6.07, 6.45) is -0.372. The quantitative estimate of drug-likeness (QED) is 0.845. The van der Waals surface area contributed by atoms with Crippen LogP contribution in [0.5, 0.6) is 5.75 Å². The molecule has 4 nitrogen and oxygen atoms in total. The Kier molecular flexibility index (Phi) is 4.99. The Hall–Kier alpha value is -2.47. The maximum atomic E-state index is 13.8. The molecule has 1 amide bonds. The Balaban J connectivity index is 1.54. The van der Waals surface area contributed by atoms with Crippen molar-refractivity contribution in [2.24, 2.45) is 5.92 Å². The molecule has 0 saturated heterocycles. The van der Waals surface area contributed by atoms with E-state index in [0.717, 1.165) is 6.07 Å². The van der Waals surface area contributed by atoms with E-state index in [4.69, 9.17) is 4.74 Å². The van der Waals surface area contributed by atoms with Crippen LogP contribution in [0, 0.1) is 17.6 Å². The van der Waals surface area contributed by atoms with Crippen molar-refractivity contribution in [3.63, 3.8) is 0 Å². The predicted molar refractivity (Wildman–Crippen MR) is 88.2 cm³/mol. The second-order valence-corrected chi connectivity index (χ2v) is 6.13. The molecule has 1 aliphatic rings. The molecule has 2 aromatic carbocycles. The van der Waals surface area contributed by atoms with E-state index in [0.29, 0.717) is 17.7 Å². The Bertz CT molecular complexity index is 764. The van der Waals surface area contributed by atoms with Crippen LogP contribution < -0.4 is 10.1 Å². The van der Waals surface area contributed by atoms with E-state index in [1.807, 2.05) is 0 Å².